The third kappa shape index (κ3) is 7.20. The fraction of sp³-hybridized carbons (Fsp3) is 0.517. The van der Waals surface area contributed by atoms with Crippen LogP contribution in [0.15, 0.2) is 36.4 Å². The number of carbonyl (C=O) groups excluding carboxylic acids is 2. The number of halogens is 3. The number of likely N-dealkylation sites (tertiary alicyclic amines) is 1. The molecule has 1 aliphatic heterocycles. The van der Waals surface area contributed by atoms with Gasteiger partial charge in [0.05, 0.1) is 18.2 Å². The highest BCUT2D eigenvalue weighted by Crippen LogP contribution is 2.45. The summed E-state index contributed by atoms with van der Waals surface area (Å²) in [6.45, 7) is 8.82. The lowest BCUT2D eigenvalue weighted by Gasteiger charge is -2.38. The van der Waals surface area contributed by atoms with Gasteiger partial charge in [-0.05, 0) is 82.7 Å². The molecule has 1 amide bonds. The molecule has 1 atom stereocenters. The van der Waals surface area contributed by atoms with Crippen LogP contribution in [0.1, 0.15) is 92.9 Å². The highest BCUT2D eigenvalue weighted by atomic mass is 19.4. The second kappa shape index (κ2) is 12.1. The molecule has 0 N–H and O–H groups in total. The minimum absolute atomic E-state index is 0.00888. The maximum Gasteiger partial charge on any atom is 0.417 e. The number of hydrogen-bond acceptors (Lipinski definition) is 5. The van der Waals surface area contributed by atoms with Crippen molar-refractivity contribution in [1.82, 2.24) is 4.90 Å². The van der Waals surface area contributed by atoms with Gasteiger partial charge in [0, 0.05) is 6.54 Å². The number of nitrogens with zero attached hydrogens (tertiary/aromatic N) is 1. The van der Waals surface area contributed by atoms with Gasteiger partial charge in [-0.1, -0.05) is 31.5 Å². The number of amides is 1. The predicted octanol–water partition coefficient (Wildman–Crippen LogP) is 7.87. The summed E-state index contributed by atoms with van der Waals surface area (Å²) in [4.78, 5) is 27.6. The van der Waals surface area contributed by atoms with Crippen LogP contribution in [0.3, 0.4) is 0 Å². The number of piperidine rings is 1. The fourth-order valence-electron chi connectivity index (χ4n) is 4.59. The standard InChI is InChI=1S/C29H36F3NO5/c1-6-7-17-36-23-18-21(22-15-11-12-16-33(22)27(35)38-28(3,4)5)25(29(30,31)32)19(2)24(23)26(34)37-20-13-9-8-10-14-20/h8-10,13-14,18,22H,6-7,11-12,15-17H2,1-5H3. The molecule has 208 valence electrons. The average molecular weight is 536 g/mol. The average Bonchev–Trinajstić information content (AvgIpc) is 2.82. The molecule has 6 nitrogen and oxygen atoms in total. The quantitative estimate of drug-likeness (QED) is 0.205. The molecule has 3 rings (SSSR count). The van der Waals surface area contributed by atoms with Crippen molar-refractivity contribution in [2.45, 2.75) is 84.5 Å². The second-order valence-corrected chi connectivity index (χ2v) is 10.4. The second-order valence-electron chi connectivity index (χ2n) is 10.4. The van der Waals surface area contributed by atoms with Crippen LogP contribution in [0.25, 0.3) is 0 Å². The number of esters is 1. The molecular formula is C29H36F3NO5. The first kappa shape index (κ1) is 29.3. The highest BCUT2D eigenvalue weighted by molar-refractivity contribution is 5.96. The molecule has 1 fully saturated rings. The van der Waals surface area contributed by atoms with Gasteiger partial charge in [-0.3, -0.25) is 0 Å². The lowest BCUT2D eigenvalue weighted by atomic mass is 9.87. The van der Waals surface area contributed by atoms with Crippen molar-refractivity contribution in [1.29, 1.82) is 0 Å². The Morgan fingerprint density at radius 2 is 1.76 bits per heavy atom. The molecule has 0 aromatic heterocycles. The number of alkyl halides is 3. The Bertz CT molecular complexity index is 1130. The van der Waals surface area contributed by atoms with E-state index in [-0.39, 0.29) is 41.3 Å². The van der Waals surface area contributed by atoms with Gasteiger partial charge >= 0.3 is 18.2 Å². The first-order valence-corrected chi connectivity index (χ1v) is 13.0. The van der Waals surface area contributed by atoms with E-state index in [9.17, 15) is 22.8 Å². The van der Waals surface area contributed by atoms with E-state index in [2.05, 4.69) is 0 Å². The van der Waals surface area contributed by atoms with Crippen LogP contribution in [0.4, 0.5) is 18.0 Å². The Hall–Kier alpha value is -3.23. The Morgan fingerprint density at radius 3 is 2.37 bits per heavy atom. The van der Waals surface area contributed by atoms with E-state index >= 15 is 0 Å². The van der Waals surface area contributed by atoms with Gasteiger partial charge in [0.1, 0.15) is 22.7 Å². The van der Waals surface area contributed by atoms with E-state index in [1.807, 2.05) is 6.92 Å². The number of hydrogen-bond donors (Lipinski definition) is 0. The van der Waals surface area contributed by atoms with Crippen molar-refractivity contribution in [2.24, 2.45) is 0 Å². The third-order valence-electron chi connectivity index (χ3n) is 6.26. The fourth-order valence-corrected chi connectivity index (χ4v) is 4.59. The number of unbranched alkanes of at least 4 members (excludes halogenated alkanes) is 1. The van der Waals surface area contributed by atoms with Crippen LogP contribution in [-0.2, 0) is 10.9 Å². The van der Waals surface area contributed by atoms with Crippen molar-refractivity contribution in [3.8, 4) is 11.5 Å². The van der Waals surface area contributed by atoms with Crippen molar-refractivity contribution in [3.63, 3.8) is 0 Å². The molecule has 1 heterocycles. The highest BCUT2D eigenvalue weighted by Gasteiger charge is 2.43. The third-order valence-corrected chi connectivity index (χ3v) is 6.26. The maximum atomic E-state index is 14.6. The predicted molar refractivity (Wildman–Crippen MR) is 138 cm³/mol. The Morgan fingerprint density at radius 1 is 1.08 bits per heavy atom. The molecular weight excluding hydrogens is 499 g/mol. The van der Waals surface area contributed by atoms with E-state index in [1.165, 1.54) is 17.9 Å². The zero-order chi connectivity index (χ0) is 28.1. The number of ether oxygens (including phenoxy) is 3. The molecule has 2 aromatic carbocycles. The van der Waals surface area contributed by atoms with Gasteiger partial charge < -0.3 is 19.1 Å². The minimum atomic E-state index is -4.79. The molecule has 1 unspecified atom stereocenters. The van der Waals surface area contributed by atoms with Gasteiger partial charge in [-0.15, -0.1) is 0 Å². The summed E-state index contributed by atoms with van der Waals surface area (Å²) >= 11 is 0. The van der Waals surface area contributed by atoms with E-state index in [0.29, 0.717) is 25.7 Å². The summed E-state index contributed by atoms with van der Waals surface area (Å²) in [6, 6.07) is 8.52. The zero-order valence-corrected chi connectivity index (χ0v) is 22.6. The number of carbonyl (C=O) groups is 2. The first-order chi connectivity index (χ1) is 17.8. The Labute approximate surface area is 222 Å². The number of rotatable bonds is 7. The van der Waals surface area contributed by atoms with Crippen LogP contribution in [0.2, 0.25) is 0 Å². The van der Waals surface area contributed by atoms with Gasteiger partial charge in [-0.2, -0.15) is 13.2 Å². The van der Waals surface area contributed by atoms with Crippen LogP contribution in [-0.4, -0.2) is 35.7 Å². The molecule has 0 saturated carbocycles. The largest absolute Gasteiger partial charge is 0.493 e. The van der Waals surface area contributed by atoms with Crippen molar-refractivity contribution in [2.75, 3.05) is 13.2 Å². The van der Waals surface area contributed by atoms with E-state index < -0.39 is 35.4 Å². The summed E-state index contributed by atoms with van der Waals surface area (Å²) < 4.78 is 60.8. The van der Waals surface area contributed by atoms with Gasteiger partial charge in [0.25, 0.3) is 0 Å². The van der Waals surface area contributed by atoms with E-state index in [4.69, 9.17) is 14.2 Å². The molecule has 1 aliphatic rings. The molecule has 0 bridgehead atoms. The molecule has 0 radical (unpaired) electrons. The number of benzene rings is 2. The Balaban J connectivity index is 2.16. The molecule has 2 aromatic rings. The number of para-hydroxylation sites is 1. The van der Waals surface area contributed by atoms with Gasteiger partial charge in [-0.25, -0.2) is 9.59 Å². The summed E-state index contributed by atoms with van der Waals surface area (Å²) in [6.07, 6.45) is -2.40. The minimum Gasteiger partial charge on any atom is -0.493 e. The smallest absolute Gasteiger partial charge is 0.417 e. The van der Waals surface area contributed by atoms with Gasteiger partial charge in [0.15, 0.2) is 0 Å². The Kier molecular flexibility index (Phi) is 9.33. The van der Waals surface area contributed by atoms with Crippen LogP contribution in [0, 0.1) is 6.92 Å². The zero-order valence-electron chi connectivity index (χ0n) is 22.6. The van der Waals surface area contributed by atoms with Crippen molar-refractivity contribution in [3.05, 3.63) is 58.7 Å². The molecule has 1 saturated heterocycles. The summed E-state index contributed by atoms with van der Waals surface area (Å²) in [7, 11) is 0. The van der Waals surface area contributed by atoms with Crippen molar-refractivity contribution < 1.29 is 37.0 Å². The lowest BCUT2D eigenvalue weighted by molar-refractivity contribution is -0.139. The maximum absolute atomic E-state index is 14.6. The lowest BCUT2D eigenvalue weighted by Crippen LogP contribution is -2.42. The van der Waals surface area contributed by atoms with Crippen LogP contribution >= 0.6 is 0 Å². The van der Waals surface area contributed by atoms with Crippen LogP contribution in [0.5, 0.6) is 11.5 Å². The summed E-state index contributed by atoms with van der Waals surface area (Å²) in [5, 5.41) is 0. The SMILES string of the molecule is CCCCOc1cc(C2CCCCN2C(=O)OC(C)(C)C)c(C(F)(F)F)c(C)c1C(=O)Oc1ccccc1. The van der Waals surface area contributed by atoms with E-state index in [1.54, 1.807) is 51.1 Å². The molecule has 9 heteroatoms. The van der Waals surface area contributed by atoms with Gasteiger partial charge in [0.2, 0.25) is 0 Å². The van der Waals surface area contributed by atoms with Crippen LogP contribution < -0.4 is 9.47 Å². The summed E-state index contributed by atoms with van der Waals surface area (Å²) in [5.41, 5.74) is -2.44. The molecule has 38 heavy (non-hydrogen) atoms. The molecule has 0 aliphatic carbocycles. The van der Waals surface area contributed by atoms with E-state index in [0.717, 1.165) is 6.42 Å². The first-order valence-electron chi connectivity index (χ1n) is 13.0. The van der Waals surface area contributed by atoms with Crippen molar-refractivity contribution >= 4 is 12.1 Å². The monoisotopic (exact) mass is 535 g/mol. The summed E-state index contributed by atoms with van der Waals surface area (Å²) in [5.74, 6) is -0.725. The topological polar surface area (TPSA) is 65.1 Å². The normalized spacial score (nSPS) is 16.2. The molecule has 0 spiro atoms.